The first-order valence-electron chi connectivity index (χ1n) is 3.94. The summed E-state index contributed by atoms with van der Waals surface area (Å²) < 4.78 is 7.95. The van der Waals surface area contributed by atoms with Gasteiger partial charge < -0.3 is 9.47 Å². The summed E-state index contributed by atoms with van der Waals surface area (Å²) in [5.74, 6) is -1.17. The molecule has 0 N–H and O–H groups in total. The average molecular weight is 288 g/mol. The van der Waals surface area contributed by atoms with Crippen LogP contribution in [-0.2, 0) is 19.1 Å². The van der Waals surface area contributed by atoms with Gasteiger partial charge in [0, 0.05) is 0 Å². The van der Waals surface area contributed by atoms with Crippen molar-refractivity contribution in [2.75, 3.05) is 6.61 Å². The average Bonchev–Trinajstić information content (AvgIpc) is 2.13. The first kappa shape index (κ1) is 15.3. The molecule has 0 amide bonds. The van der Waals surface area contributed by atoms with Gasteiger partial charge in [-0.15, -0.1) is 0 Å². The largest absolute Gasteiger partial charge is 0.460 e. The summed E-state index contributed by atoms with van der Waals surface area (Å²) in [6.45, 7) is 1.54. The van der Waals surface area contributed by atoms with Gasteiger partial charge in [-0.05, 0) is 6.92 Å². The van der Waals surface area contributed by atoms with Crippen LogP contribution in [0.5, 0.6) is 0 Å². The summed E-state index contributed by atoms with van der Waals surface area (Å²) in [6, 6.07) is 0. The number of carbonyl (C=O) groups excluding carboxylic acids is 2. The van der Waals surface area contributed by atoms with Crippen molar-refractivity contribution >= 4 is 62.5 Å². The van der Waals surface area contributed by atoms with Crippen LogP contribution in [0.2, 0.25) is 0 Å². The second-order valence-corrected chi connectivity index (χ2v) is 5.51. The maximum Gasteiger partial charge on any atom is 0.329 e. The van der Waals surface area contributed by atoms with E-state index < -0.39 is 27.2 Å². The van der Waals surface area contributed by atoms with E-state index in [0.717, 1.165) is 0 Å². The van der Waals surface area contributed by atoms with E-state index in [1.54, 1.807) is 6.92 Å². The molecule has 1 unspecified atom stereocenters. The van der Waals surface area contributed by atoms with Gasteiger partial charge in [0.15, 0.2) is 0 Å². The van der Waals surface area contributed by atoms with Gasteiger partial charge in [0.2, 0.25) is 0 Å². The molecular formula is C7H12O4S4. The first-order valence-corrected chi connectivity index (χ1v) is 6.00. The van der Waals surface area contributed by atoms with E-state index in [4.69, 9.17) is 9.47 Å². The SMILES string of the molecule is CC(COC(=O)C(S)S)OC(=O)C(S)S. The van der Waals surface area contributed by atoms with Crippen molar-refractivity contribution in [2.45, 2.75) is 22.2 Å². The Bertz CT molecular complexity index is 231. The highest BCUT2D eigenvalue weighted by Crippen LogP contribution is 2.07. The van der Waals surface area contributed by atoms with Gasteiger partial charge in [0.25, 0.3) is 0 Å². The third kappa shape index (κ3) is 7.26. The third-order valence-corrected chi connectivity index (χ3v) is 2.04. The molecule has 0 aliphatic carbocycles. The fourth-order valence-electron chi connectivity index (χ4n) is 0.567. The highest BCUT2D eigenvalue weighted by atomic mass is 32.2. The number of carbonyl (C=O) groups is 2. The lowest BCUT2D eigenvalue weighted by molar-refractivity contribution is -0.155. The van der Waals surface area contributed by atoms with Crippen LogP contribution >= 0.6 is 50.5 Å². The van der Waals surface area contributed by atoms with Crippen LogP contribution in [-0.4, -0.2) is 33.8 Å². The van der Waals surface area contributed by atoms with E-state index in [1.165, 1.54) is 0 Å². The third-order valence-electron chi connectivity index (χ3n) is 1.20. The highest BCUT2D eigenvalue weighted by molar-refractivity contribution is 8.00. The smallest absolute Gasteiger partial charge is 0.329 e. The fraction of sp³-hybridized carbons (Fsp3) is 0.714. The molecule has 0 aromatic carbocycles. The zero-order chi connectivity index (χ0) is 12.0. The molecule has 1 atom stereocenters. The Labute approximate surface area is 110 Å². The van der Waals surface area contributed by atoms with E-state index in [-0.39, 0.29) is 6.61 Å². The zero-order valence-electron chi connectivity index (χ0n) is 7.86. The summed E-state index contributed by atoms with van der Waals surface area (Å²) in [5.41, 5.74) is 0. The number of hydrogen-bond acceptors (Lipinski definition) is 8. The molecular weight excluding hydrogens is 276 g/mol. The molecule has 0 aliphatic rings. The van der Waals surface area contributed by atoms with Gasteiger partial charge >= 0.3 is 11.9 Å². The molecule has 0 fully saturated rings. The van der Waals surface area contributed by atoms with Gasteiger partial charge in [0.1, 0.15) is 21.9 Å². The Morgan fingerprint density at radius 3 is 1.93 bits per heavy atom. The van der Waals surface area contributed by atoms with Crippen molar-refractivity contribution < 1.29 is 19.1 Å². The topological polar surface area (TPSA) is 52.6 Å². The van der Waals surface area contributed by atoms with Gasteiger partial charge in [-0.1, -0.05) is 0 Å². The van der Waals surface area contributed by atoms with Crippen LogP contribution in [0.1, 0.15) is 6.92 Å². The van der Waals surface area contributed by atoms with E-state index in [9.17, 15) is 9.59 Å². The number of esters is 2. The molecule has 4 nitrogen and oxygen atoms in total. The molecule has 15 heavy (non-hydrogen) atoms. The Morgan fingerprint density at radius 2 is 1.53 bits per heavy atom. The lowest BCUT2D eigenvalue weighted by atomic mass is 10.4. The minimum Gasteiger partial charge on any atom is -0.460 e. The second-order valence-electron chi connectivity index (χ2n) is 2.62. The maximum absolute atomic E-state index is 11.0. The van der Waals surface area contributed by atoms with Crippen molar-refractivity contribution in [3.8, 4) is 0 Å². The first-order chi connectivity index (χ1) is 6.84. The lowest BCUT2D eigenvalue weighted by Crippen LogP contribution is -2.26. The van der Waals surface area contributed by atoms with E-state index >= 15 is 0 Å². The Morgan fingerprint density at radius 1 is 1.07 bits per heavy atom. The Balaban J connectivity index is 3.80. The van der Waals surface area contributed by atoms with Crippen molar-refractivity contribution in [3.63, 3.8) is 0 Å². The standard InChI is InChI=1S/C7H12O4S4/c1-3(11-5(9)7(14)15)2-10-4(8)6(12)13/h3,6-7,12-15H,2H2,1H3. The summed E-state index contributed by atoms with van der Waals surface area (Å²) >= 11 is 15.0. The molecule has 0 rings (SSSR count). The maximum atomic E-state index is 11.0. The minimum absolute atomic E-state index is 0.0452. The number of ether oxygens (including phenoxy) is 2. The molecule has 0 bridgehead atoms. The van der Waals surface area contributed by atoms with Crippen LogP contribution in [0.4, 0.5) is 0 Å². The van der Waals surface area contributed by atoms with Crippen LogP contribution in [0.25, 0.3) is 0 Å². The predicted molar refractivity (Wildman–Crippen MR) is 70.0 cm³/mol. The summed E-state index contributed by atoms with van der Waals surface area (Å²) in [7, 11) is 0. The number of rotatable bonds is 5. The van der Waals surface area contributed by atoms with Gasteiger partial charge in [-0.2, -0.15) is 50.5 Å². The number of thiol groups is 4. The van der Waals surface area contributed by atoms with Gasteiger partial charge in [-0.3, -0.25) is 0 Å². The Kier molecular flexibility index (Phi) is 7.76. The predicted octanol–water partition coefficient (Wildman–Crippen LogP) is 0.833. The summed E-state index contributed by atoms with van der Waals surface area (Å²) in [4.78, 5) is 21.9. The van der Waals surface area contributed by atoms with Gasteiger partial charge in [-0.25, -0.2) is 9.59 Å². The fourth-order valence-corrected chi connectivity index (χ4v) is 0.838. The summed E-state index contributed by atoms with van der Waals surface area (Å²) in [5, 5.41) is 0. The minimum atomic E-state index is -0.800. The van der Waals surface area contributed by atoms with Crippen molar-refractivity contribution in [3.05, 3.63) is 0 Å². The highest BCUT2D eigenvalue weighted by Gasteiger charge is 2.17. The zero-order valence-corrected chi connectivity index (χ0v) is 11.4. The molecule has 0 heterocycles. The lowest BCUT2D eigenvalue weighted by Gasteiger charge is -2.14. The van der Waals surface area contributed by atoms with Crippen LogP contribution in [0.15, 0.2) is 0 Å². The van der Waals surface area contributed by atoms with E-state index in [2.05, 4.69) is 50.5 Å². The number of hydrogen-bond donors (Lipinski definition) is 4. The van der Waals surface area contributed by atoms with Crippen molar-refractivity contribution in [1.29, 1.82) is 0 Å². The molecule has 88 valence electrons. The molecule has 0 spiro atoms. The van der Waals surface area contributed by atoms with Crippen molar-refractivity contribution in [2.24, 2.45) is 0 Å². The molecule has 0 aliphatic heterocycles. The molecule has 0 saturated carbocycles. The molecule has 8 heteroatoms. The molecule has 0 aromatic rings. The monoisotopic (exact) mass is 288 g/mol. The molecule has 0 radical (unpaired) electrons. The Hall–Kier alpha value is 0.340. The van der Waals surface area contributed by atoms with Crippen LogP contribution in [0.3, 0.4) is 0 Å². The quantitative estimate of drug-likeness (QED) is 0.344. The summed E-state index contributed by atoms with van der Waals surface area (Å²) in [6.07, 6.45) is -0.552. The molecule has 0 aromatic heterocycles. The van der Waals surface area contributed by atoms with Crippen LogP contribution in [0, 0.1) is 0 Å². The van der Waals surface area contributed by atoms with Gasteiger partial charge in [0.05, 0.1) is 0 Å². The molecule has 0 saturated heterocycles. The van der Waals surface area contributed by atoms with E-state index in [0.29, 0.717) is 0 Å². The second kappa shape index (κ2) is 7.59. The normalized spacial score (nSPS) is 12.7. The van der Waals surface area contributed by atoms with Crippen molar-refractivity contribution in [1.82, 2.24) is 0 Å². The van der Waals surface area contributed by atoms with E-state index in [1.807, 2.05) is 0 Å². The van der Waals surface area contributed by atoms with Crippen LogP contribution < -0.4 is 0 Å².